The molecule has 74 valence electrons. The van der Waals surface area contributed by atoms with E-state index in [0.29, 0.717) is 5.56 Å². The maximum Gasteiger partial charge on any atom is 0.227 e. The third-order valence-corrected chi connectivity index (χ3v) is 5.98. The lowest BCUT2D eigenvalue weighted by atomic mass is 10.4. The van der Waals surface area contributed by atoms with E-state index in [1.807, 2.05) is 0 Å². The summed E-state index contributed by atoms with van der Waals surface area (Å²) in [5, 5.41) is 8.85. The van der Waals surface area contributed by atoms with Crippen LogP contribution in [0.3, 0.4) is 0 Å². The molecule has 3 nitrogen and oxygen atoms in total. The number of carbonyl (C=O) groups is 1. The molecule has 7 heteroatoms. The molecule has 0 spiro atoms. The zero-order valence-corrected chi connectivity index (χ0v) is 11.5. The summed E-state index contributed by atoms with van der Waals surface area (Å²) in [7, 11) is 0. The first-order chi connectivity index (χ1) is 6.56. The van der Waals surface area contributed by atoms with Gasteiger partial charge in [0.15, 0.2) is 0 Å². The molecule has 1 rings (SSSR count). The second-order valence-electron chi connectivity index (χ2n) is 2.22. The molecule has 0 unspecified atom stereocenters. The van der Waals surface area contributed by atoms with Crippen molar-refractivity contribution >= 4 is 60.9 Å². The Morgan fingerprint density at radius 2 is 2.29 bits per heavy atom. The Hall–Kier alpha value is -0.0300. The Bertz CT molecular complexity index is 411. The Kier molecular flexibility index (Phi) is 4.44. The maximum absolute atomic E-state index is 10.6. The summed E-state index contributed by atoms with van der Waals surface area (Å²) in [4.78, 5) is 10.6. The van der Waals surface area contributed by atoms with Crippen molar-refractivity contribution in [3.05, 3.63) is 13.8 Å². The molecule has 0 atom stereocenters. The number of hydrogen-bond donors (Lipinski definition) is 1. The van der Waals surface area contributed by atoms with E-state index in [1.165, 1.54) is 23.1 Å². The van der Waals surface area contributed by atoms with Crippen molar-refractivity contribution in [1.82, 2.24) is 0 Å². The zero-order valence-electron chi connectivity index (χ0n) is 6.71. The number of amides is 1. The van der Waals surface area contributed by atoms with Gasteiger partial charge in [0.1, 0.15) is 6.07 Å². The highest BCUT2D eigenvalue weighted by atomic mass is 79.9. The number of nitrogens with two attached hydrogens (primary N) is 1. The van der Waals surface area contributed by atoms with Crippen LogP contribution in [-0.2, 0) is 4.79 Å². The molecule has 1 aromatic rings. The first-order valence-corrected chi connectivity index (χ1v) is 6.74. The molecule has 0 fully saturated rings. The lowest BCUT2D eigenvalue weighted by Crippen LogP contribution is -2.12. The second kappa shape index (κ2) is 5.16. The van der Waals surface area contributed by atoms with Gasteiger partial charge in [-0.25, -0.2) is 0 Å². The third-order valence-electron chi connectivity index (χ3n) is 1.24. The van der Waals surface area contributed by atoms with Crippen LogP contribution >= 0.6 is 55.0 Å². The molecule has 0 saturated carbocycles. The predicted molar refractivity (Wildman–Crippen MR) is 64.4 cm³/mol. The van der Waals surface area contributed by atoms with E-state index in [2.05, 4.69) is 37.9 Å². The molecule has 1 aromatic heterocycles. The summed E-state index contributed by atoms with van der Waals surface area (Å²) in [6, 6.07) is 2.07. The van der Waals surface area contributed by atoms with Gasteiger partial charge in [-0.1, -0.05) is 0 Å². The molecule has 14 heavy (non-hydrogen) atoms. The standard InChI is InChI=1S/C7H4Br2N2OS2/c8-5-3(1-10)7(14-6(5)9)13-2-4(11)12/h2H2,(H2,11,12). The Morgan fingerprint density at radius 3 is 2.79 bits per heavy atom. The van der Waals surface area contributed by atoms with Crippen molar-refractivity contribution in [3.63, 3.8) is 0 Å². The minimum Gasteiger partial charge on any atom is -0.369 e. The highest BCUT2D eigenvalue weighted by Gasteiger charge is 2.15. The molecule has 2 N–H and O–H groups in total. The van der Waals surface area contributed by atoms with E-state index < -0.39 is 0 Å². The molecular weight excluding hydrogens is 352 g/mol. The van der Waals surface area contributed by atoms with Crippen LogP contribution in [0.2, 0.25) is 0 Å². The largest absolute Gasteiger partial charge is 0.369 e. The zero-order chi connectivity index (χ0) is 10.7. The van der Waals surface area contributed by atoms with Gasteiger partial charge in [-0.2, -0.15) is 5.26 Å². The third kappa shape index (κ3) is 2.73. The van der Waals surface area contributed by atoms with Crippen LogP contribution in [0.15, 0.2) is 12.5 Å². The highest BCUT2D eigenvalue weighted by Crippen LogP contribution is 2.41. The van der Waals surface area contributed by atoms with E-state index in [9.17, 15) is 4.79 Å². The normalized spacial score (nSPS) is 9.79. The molecule has 1 heterocycles. The van der Waals surface area contributed by atoms with Crippen molar-refractivity contribution in [1.29, 1.82) is 5.26 Å². The predicted octanol–water partition coefficient (Wildman–Crippen LogP) is 2.72. The van der Waals surface area contributed by atoms with Crippen LogP contribution in [0.1, 0.15) is 5.56 Å². The number of thiophene rings is 1. The summed E-state index contributed by atoms with van der Waals surface area (Å²) in [5.74, 6) is -0.201. The number of rotatable bonds is 3. The van der Waals surface area contributed by atoms with Gasteiger partial charge in [0.05, 0.1) is 23.8 Å². The Balaban J connectivity index is 2.93. The fraction of sp³-hybridized carbons (Fsp3) is 0.143. The van der Waals surface area contributed by atoms with Crippen molar-refractivity contribution in [2.45, 2.75) is 4.21 Å². The van der Waals surface area contributed by atoms with E-state index in [0.717, 1.165) is 12.5 Å². The van der Waals surface area contributed by atoms with E-state index in [1.54, 1.807) is 0 Å². The molecule has 0 aliphatic heterocycles. The first kappa shape index (κ1) is 12.0. The number of hydrogen-bond acceptors (Lipinski definition) is 4. The van der Waals surface area contributed by atoms with Crippen molar-refractivity contribution in [2.24, 2.45) is 5.73 Å². The van der Waals surface area contributed by atoms with Crippen molar-refractivity contribution in [3.8, 4) is 6.07 Å². The van der Waals surface area contributed by atoms with Crippen LogP contribution in [0, 0.1) is 11.3 Å². The summed E-state index contributed by atoms with van der Waals surface area (Å²) in [5.41, 5.74) is 5.56. The van der Waals surface area contributed by atoms with Gasteiger partial charge in [-0.05, 0) is 31.9 Å². The topological polar surface area (TPSA) is 66.9 Å². The SMILES string of the molecule is N#Cc1c(SCC(N)=O)sc(Br)c1Br. The number of primary amides is 1. The Labute approximate surface area is 106 Å². The molecule has 0 aliphatic carbocycles. The molecular formula is C7H4Br2N2OS2. The average Bonchev–Trinajstić information content (AvgIpc) is 2.39. The van der Waals surface area contributed by atoms with Crippen LogP contribution in [0.25, 0.3) is 0 Å². The summed E-state index contributed by atoms with van der Waals surface area (Å²) in [6.07, 6.45) is 0. The molecule has 0 saturated heterocycles. The second-order valence-corrected chi connectivity index (χ2v) is 6.59. The van der Waals surface area contributed by atoms with E-state index >= 15 is 0 Å². The van der Waals surface area contributed by atoms with Gasteiger partial charge >= 0.3 is 0 Å². The van der Waals surface area contributed by atoms with Gasteiger partial charge in [0.25, 0.3) is 0 Å². The lowest BCUT2D eigenvalue weighted by Gasteiger charge is -1.93. The number of nitrogens with zero attached hydrogens (tertiary/aromatic N) is 1. The van der Waals surface area contributed by atoms with Crippen LogP contribution in [-0.4, -0.2) is 11.7 Å². The summed E-state index contributed by atoms with van der Waals surface area (Å²) in [6.45, 7) is 0. The van der Waals surface area contributed by atoms with E-state index in [4.69, 9.17) is 11.0 Å². The minimum absolute atomic E-state index is 0.189. The summed E-state index contributed by atoms with van der Waals surface area (Å²) < 4.78 is 2.38. The number of halogens is 2. The van der Waals surface area contributed by atoms with Gasteiger partial charge in [-0.3, -0.25) is 4.79 Å². The van der Waals surface area contributed by atoms with Gasteiger partial charge in [0.2, 0.25) is 5.91 Å². The molecule has 1 amide bonds. The van der Waals surface area contributed by atoms with Crippen molar-refractivity contribution < 1.29 is 4.79 Å². The fourth-order valence-corrected chi connectivity index (χ4v) is 4.33. The van der Waals surface area contributed by atoms with Crippen LogP contribution in [0.5, 0.6) is 0 Å². The quantitative estimate of drug-likeness (QED) is 0.847. The van der Waals surface area contributed by atoms with Gasteiger partial charge in [0, 0.05) is 0 Å². The fourth-order valence-electron chi connectivity index (χ4n) is 0.698. The number of thioether (sulfide) groups is 1. The molecule has 0 bridgehead atoms. The summed E-state index contributed by atoms with van der Waals surface area (Å²) >= 11 is 9.27. The molecule has 0 aromatic carbocycles. The molecule has 0 radical (unpaired) electrons. The average molecular weight is 356 g/mol. The monoisotopic (exact) mass is 354 g/mol. The van der Waals surface area contributed by atoms with Crippen molar-refractivity contribution in [2.75, 3.05) is 5.75 Å². The smallest absolute Gasteiger partial charge is 0.227 e. The van der Waals surface area contributed by atoms with Crippen LogP contribution in [0.4, 0.5) is 0 Å². The molecule has 0 aliphatic rings. The highest BCUT2D eigenvalue weighted by molar-refractivity contribution is 9.13. The van der Waals surface area contributed by atoms with Gasteiger partial charge < -0.3 is 5.73 Å². The minimum atomic E-state index is -0.389. The number of nitriles is 1. The lowest BCUT2D eigenvalue weighted by molar-refractivity contribution is -0.115. The van der Waals surface area contributed by atoms with Crippen LogP contribution < -0.4 is 5.73 Å². The van der Waals surface area contributed by atoms with E-state index in [-0.39, 0.29) is 11.7 Å². The Morgan fingerprint density at radius 1 is 1.64 bits per heavy atom. The maximum atomic E-state index is 10.6. The van der Waals surface area contributed by atoms with Gasteiger partial charge in [-0.15, -0.1) is 23.1 Å². The first-order valence-electron chi connectivity index (χ1n) is 3.35. The number of carbonyl (C=O) groups excluding carboxylic acids is 1.